The summed E-state index contributed by atoms with van der Waals surface area (Å²) in [4.78, 5) is 30.4. The number of amides is 1. The van der Waals surface area contributed by atoms with Crippen molar-refractivity contribution in [2.24, 2.45) is 5.41 Å². The van der Waals surface area contributed by atoms with Crippen LogP contribution in [0.25, 0.3) is 5.69 Å². The van der Waals surface area contributed by atoms with Crippen LogP contribution in [-0.4, -0.2) is 68.8 Å². The lowest BCUT2D eigenvalue weighted by Gasteiger charge is -2.44. The van der Waals surface area contributed by atoms with Gasteiger partial charge in [0, 0.05) is 50.1 Å². The van der Waals surface area contributed by atoms with Crippen molar-refractivity contribution in [3.05, 3.63) is 68.9 Å². The summed E-state index contributed by atoms with van der Waals surface area (Å²) in [6.45, 7) is 9.92. The monoisotopic (exact) mass is 605 g/mol. The number of carbonyl (C=O) groups excluding carboxylic acids is 2. The average molecular weight is 607 g/mol. The first-order valence-corrected chi connectivity index (χ1v) is 14.3. The molecule has 1 amide bonds. The number of benzene rings is 2. The van der Waals surface area contributed by atoms with Crippen LogP contribution in [-0.2, 0) is 11.3 Å². The lowest BCUT2D eigenvalue weighted by Crippen LogP contribution is -2.57. The molecule has 11 heteroatoms. The average Bonchev–Trinajstić information content (AvgIpc) is 3.36. The first-order valence-electron chi connectivity index (χ1n) is 13.1. The number of piperazine rings is 1. The van der Waals surface area contributed by atoms with E-state index in [0.717, 1.165) is 5.69 Å². The molecule has 40 heavy (non-hydrogen) atoms. The number of carbonyl (C=O) groups is 2. The number of methoxy groups -OCH3 is 1. The summed E-state index contributed by atoms with van der Waals surface area (Å²) >= 11 is 18.6. The third kappa shape index (κ3) is 7.16. The number of nitrogens with zero attached hydrogens (tertiary/aromatic N) is 5. The van der Waals surface area contributed by atoms with Crippen LogP contribution >= 0.6 is 34.8 Å². The minimum Gasteiger partial charge on any atom is -0.497 e. The second kappa shape index (κ2) is 12.5. The molecule has 1 aliphatic rings. The van der Waals surface area contributed by atoms with Crippen molar-refractivity contribution in [1.29, 1.82) is 0 Å². The summed E-state index contributed by atoms with van der Waals surface area (Å²) in [6, 6.07) is 10.5. The van der Waals surface area contributed by atoms with Crippen LogP contribution in [0, 0.1) is 5.41 Å². The lowest BCUT2D eigenvalue weighted by atomic mass is 9.82. The van der Waals surface area contributed by atoms with Gasteiger partial charge in [0.25, 0.3) is 0 Å². The van der Waals surface area contributed by atoms with Gasteiger partial charge in [0.2, 0.25) is 5.91 Å². The summed E-state index contributed by atoms with van der Waals surface area (Å²) in [5.41, 5.74) is 1.52. The van der Waals surface area contributed by atoms with Crippen LogP contribution in [0.1, 0.15) is 56.6 Å². The number of hydrogen-bond acceptors (Lipinski definition) is 6. The van der Waals surface area contributed by atoms with Gasteiger partial charge in [-0.15, -0.1) is 5.10 Å². The number of rotatable bonds is 9. The van der Waals surface area contributed by atoms with Gasteiger partial charge >= 0.3 is 0 Å². The Hall–Kier alpha value is -2.65. The molecule has 1 aromatic heterocycles. The maximum absolute atomic E-state index is 13.3. The topological polar surface area (TPSA) is 80.6 Å². The van der Waals surface area contributed by atoms with Crippen LogP contribution in [0.4, 0.5) is 0 Å². The van der Waals surface area contributed by atoms with Crippen LogP contribution in [0.5, 0.6) is 5.75 Å². The normalized spacial score (nSPS) is 18.1. The minimum atomic E-state index is -0.470. The quantitative estimate of drug-likeness (QED) is 0.209. The molecule has 1 fully saturated rings. The molecule has 0 bridgehead atoms. The molecule has 2 aromatic carbocycles. The first-order chi connectivity index (χ1) is 18.9. The molecule has 0 radical (unpaired) electrons. The SMILES string of the molecule is COc1ccc(C(=O)CC(C)(C)CC(=O)N2C[C@@H](C)N(Cc3cn(-c4cc(Cl)c(Cl)cc4Cl)nn3)[C@@H](C)C2)cc1. The van der Waals surface area contributed by atoms with E-state index < -0.39 is 5.41 Å². The molecule has 0 unspecified atom stereocenters. The van der Waals surface area contributed by atoms with Gasteiger partial charge in [-0.05, 0) is 55.7 Å². The molecule has 4 rings (SSSR count). The lowest BCUT2D eigenvalue weighted by molar-refractivity contribution is -0.137. The van der Waals surface area contributed by atoms with Crippen LogP contribution in [0.15, 0.2) is 42.6 Å². The van der Waals surface area contributed by atoms with E-state index in [1.54, 1.807) is 48.2 Å². The molecular weight excluding hydrogens is 573 g/mol. The van der Waals surface area contributed by atoms with Gasteiger partial charge in [-0.25, -0.2) is 4.68 Å². The Labute approximate surface area is 250 Å². The van der Waals surface area contributed by atoms with E-state index in [1.165, 1.54) is 0 Å². The summed E-state index contributed by atoms with van der Waals surface area (Å²) in [5, 5.41) is 9.74. The van der Waals surface area contributed by atoms with Gasteiger partial charge in [0.15, 0.2) is 5.78 Å². The maximum Gasteiger partial charge on any atom is 0.223 e. The second-order valence-electron chi connectivity index (χ2n) is 11.2. The molecular formula is C29H34Cl3N5O3. The summed E-state index contributed by atoms with van der Waals surface area (Å²) in [7, 11) is 1.59. The van der Waals surface area contributed by atoms with Gasteiger partial charge in [0.05, 0.1) is 39.8 Å². The highest BCUT2D eigenvalue weighted by molar-refractivity contribution is 6.43. The number of aromatic nitrogens is 3. The van der Waals surface area contributed by atoms with Crippen LogP contribution in [0.3, 0.4) is 0 Å². The van der Waals surface area contributed by atoms with Crippen molar-refractivity contribution in [2.75, 3.05) is 20.2 Å². The highest BCUT2D eigenvalue weighted by Gasteiger charge is 2.35. The van der Waals surface area contributed by atoms with Gasteiger partial charge in [0.1, 0.15) is 5.75 Å². The molecule has 1 saturated heterocycles. The van der Waals surface area contributed by atoms with E-state index in [1.807, 2.05) is 24.9 Å². The maximum atomic E-state index is 13.3. The second-order valence-corrected chi connectivity index (χ2v) is 12.4. The van der Waals surface area contributed by atoms with Gasteiger partial charge < -0.3 is 9.64 Å². The summed E-state index contributed by atoms with van der Waals surface area (Å²) in [6.07, 6.45) is 2.41. The Morgan fingerprint density at radius 2 is 1.60 bits per heavy atom. The molecule has 2 heterocycles. The molecule has 0 N–H and O–H groups in total. The third-order valence-electron chi connectivity index (χ3n) is 7.26. The smallest absolute Gasteiger partial charge is 0.223 e. The molecule has 214 valence electrons. The molecule has 0 aliphatic carbocycles. The Morgan fingerprint density at radius 3 is 2.23 bits per heavy atom. The highest BCUT2D eigenvalue weighted by atomic mass is 35.5. The van der Waals surface area contributed by atoms with E-state index >= 15 is 0 Å². The fraction of sp³-hybridized carbons (Fsp3) is 0.448. The largest absolute Gasteiger partial charge is 0.497 e. The zero-order valence-corrected chi connectivity index (χ0v) is 25.6. The van der Waals surface area contributed by atoms with E-state index in [9.17, 15) is 9.59 Å². The zero-order chi connectivity index (χ0) is 29.2. The molecule has 0 spiro atoms. The van der Waals surface area contributed by atoms with E-state index in [-0.39, 0.29) is 30.2 Å². The van der Waals surface area contributed by atoms with Crippen LogP contribution in [0.2, 0.25) is 15.1 Å². The van der Waals surface area contributed by atoms with Gasteiger partial charge in [-0.2, -0.15) is 0 Å². The molecule has 8 nitrogen and oxygen atoms in total. The van der Waals surface area contributed by atoms with Crippen molar-refractivity contribution in [2.45, 2.75) is 59.2 Å². The van der Waals surface area contributed by atoms with Crippen molar-refractivity contribution in [3.8, 4) is 11.4 Å². The standard InChI is InChI=1S/C29H34Cl3N5O3/c1-18-14-35(28(39)13-29(3,4)12-27(38)20-6-8-22(40-5)9-7-20)15-19(2)36(18)16-21-17-37(34-33-21)26-11-24(31)23(30)10-25(26)32/h6-11,17-19H,12-16H2,1-5H3/t18-,19+. The fourth-order valence-electron chi connectivity index (χ4n) is 5.13. The Morgan fingerprint density at radius 1 is 0.975 bits per heavy atom. The Balaban J connectivity index is 1.35. The first kappa shape index (κ1) is 30.3. The molecule has 1 aliphatic heterocycles. The van der Waals surface area contributed by atoms with E-state index in [4.69, 9.17) is 39.5 Å². The number of Topliss-reactive ketones (excluding diaryl/α,β-unsaturated/α-hetero) is 1. The van der Waals surface area contributed by atoms with Gasteiger partial charge in [-0.1, -0.05) is 53.9 Å². The molecule has 0 saturated carbocycles. The Bertz CT molecular complexity index is 1360. The van der Waals surface area contributed by atoms with E-state index in [2.05, 4.69) is 29.1 Å². The number of halogens is 3. The predicted molar refractivity (Wildman–Crippen MR) is 158 cm³/mol. The minimum absolute atomic E-state index is 0.0159. The Kier molecular flexibility index (Phi) is 9.45. The predicted octanol–water partition coefficient (Wildman–Crippen LogP) is 6.35. The summed E-state index contributed by atoms with van der Waals surface area (Å²) < 4.78 is 6.76. The number of hydrogen-bond donors (Lipinski definition) is 0. The third-order valence-corrected chi connectivity index (χ3v) is 8.28. The van der Waals surface area contributed by atoms with Crippen LogP contribution < -0.4 is 4.74 Å². The van der Waals surface area contributed by atoms with E-state index in [0.29, 0.717) is 58.1 Å². The van der Waals surface area contributed by atoms with Gasteiger partial charge in [-0.3, -0.25) is 14.5 Å². The molecule has 2 atom stereocenters. The fourth-order valence-corrected chi connectivity index (χ4v) is 5.76. The van der Waals surface area contributed by atoms with Crippen molar-refractivity contribution in [1.82, 2.24) is 24.8 Å². The number of ether oxygens (including phenoxy) is 1. The van der Waals surface area contributed by atoms with Crippen molar-refractivity contribution >= 4 is 46.5 Å². The number of ketones is 1. The summed E-state index contributed by atoms with van der Waals surface area (Å²) in [5.74, 6) is 0.780. The molecule has 3 aromatic rings. The van der Waals surface area contributed by atoms with Crippen molar-refractivity contribution in [3.63, 3.8) is 0 Å². The zero-order valence-electron chi connectivity index (χ0n) is 23.3. The highest BCUT2D eigenvalue weighted by Crippen LogP contribution is 2.32. The van der Waals surface area contributed by atoms with Crippen molar-refractivity contribution < 1.29 is 14.3 Å².